The molecule has 0 bridgehead atoms. The van der Waals surface area contributed by atoms with E-state index in [1.165, 1.54) is 27.6 Å². The van der Waals surface area contributed by atoms with Crippen LogP contribution in [0.15, 0.2) is 276 Å². The van der Waals surface area contributed by atoms with E-state index in [1.54, 1.807) is 0 Å². The molecule has 7 nitrogen and oxygen atoms in total. The average Bonchev–Trinajstić information content (AvgIpc) is 1.87. The highest BCUT2D eigenvalue weighted by Gasteiger charge is 2.52. The van der Waals surface area contributed by atoms with Crippen molar-refractivity contribution < 1.29 is 8.83 Å². The lowest BCUT2D eigenvalue weighted by Gasteiger charge is -2.46. The van der Waals surface area contributed by atoms with E-state index < -0.39 is 0 Å². The molecule has 6 heterocycles. The standard InChI is InChI=1S/C74H53B2N5O2/c1-2-3-26-49-43-63-69-64(44-49)80(54-35-18-8-19-36-54)71-57-39-22-24-41-67(57)82-73(71)75(69)59-47-60-62(48-61(59)78(63)52-31-14-6-15-32-52)79(53-33-16-7-17-34-53)65-45-56(77(50-27-10-4-11-28-50)51-29-12-5-13-30-51)46-66-70(65)76(60)74-72(58-40-23-25-42-68(58)83-74)81(66)55-37-20-9-21-38-55/h4-25,27-48H,2-3,26H2,1H3. The first-order valence-electron chi connectivity index (χ1n) is 29.0. The monoisotopic (exact) mass is 1070 g/mol. The van der Waals surface area contributed by atoms with Gasteiger partial charge in [0.05, 0.1) is 28.4 Å². The summed E-state index contributed by atoms with van der Waals surface area (Å²) in [6, 6.07) is 97.3. The summed E-state index contributed by atoms with van der Waals surface area (Å²) in [6.45, 7) is 1.68. The molecular weight excluding hydrogens is 1010 g/mol. The minimum Gasteiger partial charge on any atom is -0.468 e. The minimum atomic E-state index is -0.333. The molecule has 2 aromatic heterocycles. The molecule has 4 aliphatic heterocycles. The van der Waals surface area contributed by atoms with Crippen LogP contribution in [-0.2, 0) is 6.42 Å². The lowest BCUT2D eigenvalue weighted by Crippen LogP contribution is -2.65. The van der Waals surface area contributed by atoms with E-state index in [0.717, 1.165) is 138 Å². The van der Waals surface area contributed by atoms with Crippen LogP contribution in [0, 0.1) is 0 Å². The largest absolute Gasteiger partial charge is 0.468 e. The fourth-order valence-electron chi connectivity index (χ4n) is 14.0. The summed E-state index contributed by atoms with van der Waals surface area (Å²) in [7, 11) is 0. The molecule has 0 N–H and O–H groups in total. The van der Waals surface area contributed by atoms with Gasteiger partial charge in [-0.25, -0.2) is 0 Å². The van der Waals surface area contributed by atoms with Crippen LogP contribution < -0.4 is 57.7 Å². The maximum absolute atomic E-state index is 7.48. The molecule has 4 aliphatic rings. The zero-order valence-corrected chi connectivity index (χ0v) is 45.7. The third-order valence-electron chi connectivity index (χ3n) is 17.5. The number of nitrogens with zero attached hydrogens (tertiary/aromatic N) is 5. The summed E-state index contributed by atoms with van der Waals surface area (Å²) >= 11 is 0. The Bertz CT molecular complexity index is 4610. The van der Waals surface area contributed by atoms with Crippen molar-refractivity contribution >= 4 is 154 Å². The Labute approximate surface area is 483 Å². The molecule has 13 aromatic rings. The molecule has 0 aliphatic carbocycles. The normalized spacial score (nSPS) is 13.4. The maximum atomic E-state index is 7.48. The van der Waals surface area contributed by atoms with Crippen LogP contribution >= 0.6 is 0 Å². The minimum absolute atomic E-state index is 0.277. The SMILES string of the molecule is CCCCc1cc2c3c(c1)N(c1ccccc1)c1c(oc4ccccc14)B3c1cc3c(cc1N2c1ccccc1)N(c1ccccc1)c1cc(N(c2ccccc2)c2ccccc2)cc2c1B3c1oc3ccccc3c1N2c1ccccc1. The molecule has 9 heteroatoms. The molecule has 0 amide bonds. The van der Waals surface area contributed by atoms with Crippen molar-refractivity contribution in [1.29, 1.82) is 0 Å². The topological polar surface area (TPSA) is 42.5 Å². The van der Waals surface area contributed by atoms with E-state index in [1.807, 2.05) is 0 Å². The zero-order valence-electron chi connectivity index (χ0n) is 45.7. The molecule has 0 unspecified atom stereocenters. The lowest BCUT2D eigenvalue weighted by atomic mass is 9.32. The molecule has 11 aromatic carbocycles. The van der Waals surface area contributed by atoms with Crippen molar-refractivity contribution in [2.45, 2.75) is 26.2 Å². The molecule has 83 heavy (non-hydrogen) atoms. The van der Waals surface area contributed by atoms with Gasteiger partial charge in [-0.15, -0.1) is 0 Å². The van der Waals surface area contributed by atoms with Gasteiger partial charge in [0.1, 0.15) is 11.2 Å². The van der Waals surface area contributed by atoms with Gasteiger partial charge < -0.3 is 33.3 Å². The van der Waals surface area contributed by atoms with E-state index in [9.17, 15) is 0 Å². The Morgan fingerprint density at radius 3 is 1.14 bits per heavy atom. The molecular formula is C74H53B2N5O2. The van der Waals surface area contributed by atoms with Crippen LogP contribution in [0.4, 0.5) is 85.3 Å². The number of para-hydroxylation sites is 8. The van der Waals surface area contributed by atoms with Crippen molar-refractivity contribution in [3.8, 4) is 0 Å². The first-order valence-corrected chi connectivity index (χ1v) is 29.0. The zero-order chi connectivity index (χ0) is 54.7. The van der Waals surface area contributed by atoms with Gasteiger partial charge in [0.2, 0.25) is 0 Å². The second-order valence-corrected chi connectivity index (χ2v) is 22.2. The summed E-state index contributed by atoms with van der Waals surface area (Å²) in [5, 5.41) is 2.15. The van der Waals surface area contributed by atoms with Crippen molar-refractivity contribution in [3.63, 3.8) is 0 Å². The number of benzene rings is 11. The van der Waals surface area contributed by atoms with E-state index >= 15 is 0 Å². The van der Waals surface area contributed by atoms with Crippen molar-refractivity contribution in [1.82, 2.24) is 0 Å². The van der Waals surface area contributed by atoms with Crippen LogP contribution in [0.3, 0.4) is 0 Å². The third-order valence-corrected chi connectivity index (χ3v) is 17.5. The summed E-state index contributed by atoms with van der Waals surface area (Å²) in [5.41, 5.74) is 25.9. The van der Waals surface area contributed by atoms with Gasteiger partial charge in [0.15, 0.2) is 0 Å². The highest BCUT2D eigenvalue weighted by atomic mass is 16.3. The van der Waals surface area contributed by atoms with Gasteiger partial charge >= 0.3 is 0 Å². The Hall–Kier alpha value is -10.4. The first-order chi connectivity index (χ1) is 41.2. The van der Waals surface area contributed by atoms with Crippen LogP contribution in [0.25, 0.3) is 21.9 Å². The van der Waals surface area contributed by atoms with E-state index in [4.69, 9.17) is 8.83 Å². The number of hydrogen-bond acceptors (Lipinski definition) is 7. The number of anilines is 15. The first kappa shape index (κ1) is 47.4. The number of unbranched alkanes of at least 4 members (excludes halogenated alkanes) is 1. The Morgan fingerprint density at radius 1 is 0.349 bits per heavy atom. The number of furan rings is 2. The molecule has 0 fully saturated rings. The smallest absolute Gasteiger partial charge is 0.297 e. The fraction of sp³-hybridized carbons (Fsp3) is 0.0541. The summed E-state index contributed by atoms with van der Waals surface area (Å²) < 4.78 is 14.9. The Morgan fingerprint density at radius 2 is 0.711 bits per heavy atom. The number of fused-ring (bicyclic) bond motifs is 12. The van der Waals surface area contributed by atoms with Crippen LogP contribution in [-0.4, -0.2) is 13.4 Å². The lowest BCUT2D eigenvalue weighted by molar-refractivity contribution is 0.651. The van der Waals surface area contributed by atoms with E-state index in [2.05, 4.69) is 298 Å². The predicted molar refractivity (Wildman–Crippen MR) is 347 cm³/mol. The average molecular weight is 1070 g/mol. The highest BCUT2D eigenvalue weighted by molar-refractivity contribution is 7.02. The Balaban J connectivity index is 1.02. The van der Waals surface area contributed by atoms with Gasteiger partial charge in [-0.3, -0.25) is 0 Å². The van der Waals surface area contributed by atoms with Crippen LogP contribution in [0.1, 0.15) is 25.3 Å². The molecule has 0 spiro atoms. The van der Waals surface area contributed by atoms with Gasteiger partial charge in [0.25, 0.3) is 13.4 Å². The van der Waals surface area contributed by atoms with Gasteiger partial charge in [-0.1, -0.05) is 153 Å². The van der Waals surface area contributed by atoms with E-state index in [-0.39, 0.29) is 13.4 Å². The molecule has 0 saturated carbocycles. The quantitative estimate of drug-likeness (QED) is 0.126. The number of rotatable bonds is 10. The molecule has 0 atom stereocenters. The van der Waals surface area contributed by atoms with Crippen LogP contribution in [0.5, 0.6) is 0 Å². The van der Waals surface area contributed by atoms with Gasteiger partial charge in [0, 0.05) is 79.0 Å². The fourth-order valence-corrected chi connectivity index (χ4v) is 14.0. The molecule has 0 radical (unpaired) electrons. The molecule has 392 valence electrons. The van der Waals surface area contributed by atoms with Gasteiger partial charge in [-0.05, 0) is 168 Å². The number of hydrogen-bond donors (Lipinski definition) is 0. The summed E-state index contributed by atoms with van der Waals surface area (Å²) in [5.74, 6) is 0. The second kappa shape index (κ2) is 18.9. The van der Waals surface area contributed by atoms with Crippen molar-refractivity contribution in [3.05, 3.63) is 272 Å². The predicted octanol–water partition coefficient (Wildman–Crippen LogP) is 16.2. The van der Waals surface area contributed by atoms with E-state index in [0.29, 0.717) is 0 Å². The van der Waals surface area contributed by atoms with Gasteiger partial charge in [-0.2, -0.15) is 0 Å². The third kappa shape index (κ3) is 7.20. The molecule has 0 saturated heterocycles. The van der Waals surface area contributed by atoms with Crippen LogP contribution in [0.2, 0.25) is 0 Å². The number of aryl methyl sites for hydroxylation is 1. The second-order valence-electron chi connectivity index (χ2n) is 22.2. The molecule has 17 rings (SSSR count). The van der Waals surface area contributed by atoms with Crippen molar-refractivity contribution in [2.24, 2.45) is 0 Å². The Kier molecular flexibility index (Phi) is 10.8. The maximum Gasteiger partial charge on any atom is 0.297 e. The van der Waals surface area contributed by atoms with Crippen molar-refractivity contribution in [2.75, 3.05) is 24.5 Å². The summed E-state index contributed by atoms with van der Waals surface area (Å²) in [6.07, 6.45) is 3.13. The summed E-state index contributed by atoms with van der Waals surface area (Å²) in [4.78, 5) is 12.4. The highest BCUT2D eigenvalue weighted by Crippen LogP contribution is 2.53.